The first-order valence-corrected chi connectivity index (χ1v) is 5.33. The van der Waals surface area contributed by atoms with Crippen molar-refractivity contribution in [3.05, 3.63) is 36.3 Å². The number of hydrogen-bond donors (Lipinski definition) is 1. The minimum atomic E-state index is -4.83. The highest BCUT2D eigenvalue weighted by Crippen LogP contribution is 2.29. The molecule has 0 aliphatic heterocycles. The summed E-state index contributed by atoms with van der Waals surface area (Å²) in [5, 5.41) is 9.05. The topological polar surface area (TPSA) is 42.2 Å². The monoisotopic (exact) mass is 275 g/mol. The highest BCUT2D eigenvalue weighted by Gasteiger charge is 2.45. The summed E-state index contributed by atoms with van der Waals surface area (Å²) in [5.41, 5.74) is 0.358. The molecular weight excluding hydrogens is 266 g/mol. The van der Waals surface area contributed by atoms with Gasteiger partial charge in [-0.3, -0.25) is 4.79 Å². The first kappa shape index (κ1) is 13.4. The van der Waals surface area contributed by atoms with Crippen LogP contribution in [-0.2, 0) is 11.3 Å². The Morgan fingerprint density at radius 2 is 2.00 bits per heavy atom. The molecule has 102 valence electrons. The Labute approximate surface area is 105 Å². The molecule has 19 heavy (non-hydrogen) atoms. The Bertz CT molecular complexity index is 618. The lowest BCUT2D eigenvalue weighted by atomic mass is 10.1. The number of carboxylic acids is 1. The lowest BCUT2D eigenvalue weighted by Gasteiger charge is -2.17. The molecule has 0 amide bonds. The molecule has 7 heteroatoms. The summed E-state index contributed by atoms with van der Waals surface area (Å²) in [6.45, 7) is -0.742. The van der Waals surface area contributed by atoms with Crippen molar-refractivity contribution < 1.29 is 27.5 Å². The van der Waals surface area contributed by atoms with Crippen molar-refractivity contribution in [1.29, 1.82) is 0 Å². The summed E-state index contributed by atoms with van der Waals surface area (Å²) in [7, 11) is 0. The molecule has 1 aromatic carbocycles. The number of carbonyl (C=O) groups is 1. The maximum Gasteiger partial charge on any atom is 0.403 e. The van der Waals surface area contributed by atoms with Crippen molar-refractivity contribution in [2.24, 2.45) is 5.92 Å². The van der Waals surface area contributed by atoms with E-state index in [-0.39, 0.29) is 0 Å². The van der Waals surface area contributed by atoms with E-state index in [1.165, 1.54) is 24.4 Å². The molecule has 3 nitrogen and oxygen atoms in total. The predicted octanol–water partition coefficient (Wildman–Crippen LogP) is 3.04. The van der Waals surface area contributed by atoms with Crippen LogP contribution in [0.15, 0.2) is 30.5 Å². The number of benzene rings is 1. The van der Waals surface area contributed by atoms with Crippen molar-refractivity contribution in [3.8, 4) is 0 Å². The Kier molecular flexibility index (Phi) is 3.21. The van der Waals surface area contributed by atoms with E-state index in [1.807, 2.05) is 0 Å². The van der Waals surface area contributed by atoms with Gasteiger partial charge in [-0.1, -0.05) is 0 Å². The Morgan fingerprint density at radius 3 is 2.58 bits per heavy atom. The van der Waals surface area contributed by atoms with E-state index in [0.717, 1.165) is 10.6 Å². The number of aromatic nitrogens is 1. The standard InChI is InChI=1S/C12H9F4NO2/c13-8-1-2-10-7(5-8)3-4-17(10)6-9(11(18)19)12(14,15)16/h1-5,9H,6H2,(H,18,19). The van der Waals surface area contributed by atoms with E-state index in [0.29, 0.717) is 10.9 Å². The van der Waals surface area contributed by atoms with E-state index < -0.39 is 30.4 Å². The lowest BCUT2D eigenvalue weighted by Crippen LogP contribution is -2.34. The van der Waals surface area contributed by atoms with Crippen LogP contribution >= 0.6 is 0 Å². The maximum absolute atomic E-state index is 12.9. The second-order valence-corrected chi connectivity index (χ2v) is 4.10. The van der Waals surface area contributed by atoms with Crippen LogP contribution in [0, 0.1) is 11.7 Å². The van der Waals surface area contributed by atoms with Crippen LogP contribution < -0.4 is 0 Å². The van der Waals surface area contributed by atoms with Crippen LogP contribution in [-0.4, -0.2) is 21.8 Å². The van der Waals surface area contributed by atoms with Crippen molar-refractivity contribution in [3.63, 3.8) is 0 Å². The summed E-state index contributed by atoms with van der Waals surface area (Å²) in [6.07, 6.45) is -3.52. The minimum absolute atomic E-state index is 0.358. The third-order valence-corrected chi connectivity index (χ3v) is 2.81. The molecule has 1 atom stereocenters. The van der Waals surface area contributed by atoms with Gasteiger partial charge in [0.05, 0.1) is 0 Å². The average molecular weight is 275 g/mol. The van der Waals surface area contributed by atoms with Crippen LogP contribution in [0.2, 0.25) is 0 Å². The second-order valence-electron chi connectivity index (χ2n) is 4.10. The largest absolute Gasteiger partial charge is 0.481 e. The Morgan fingerprint density at radius 1 is 1.32 bits per heavy atom. The van der Waals surface area contributed by atoms with Gasteiger partial charge in [0.2, 0.25) is 0 Å². The van der Waals surface area contributed by atoms with Crippen LogP contribution in [0.4, 0.5) is 17.6 Å². The molecular formula is C12H9F4NO2. The zero-order valence-electron chi connectivity index (χ0n) is 9.49. The van der Waals surface area contributed by atoms with Gasteiger partial charge in [0.1, 0.15) is 5.82 Å². The van der Waals surface area contributed by atoms with Gasteiger partial charge in [0.15, 0.2) is 5.92 Å². The van der Waals surface area contributed by atoms with Gasteiger partial charge in [-0.2, -0.15) is 13.2 Å². The molecule has 0 saturated carbocycles. The summed E-state index contributed by atoms with van der Waals surface area (Å²) in [4.78, 5) is 10.7. The van der Waals surface area contributed by atoms with Crippen molar-refractivity contribution in [1.82, 2.24) is 4.57 Å². The van der Waals surface area contributed by atoms with Gasteiger partial charge < -0.3 is 9.67 Å². The lowest BCUT2D eigenvalue weighted by molar-refractivity contribution is -0.195. The second kappa shape index (κ2) is 4.56. The quantitative estimate of drug-likeness (QED) is 0.875. The van der Waals surface area contributed by atoms with Gasteiger partial charge in [-0.15, -0.1) is 0 Å². The van der Waals surface area contributed by atoms with Crippen LogP contribution in [0.5, 0.6) is 0 Å². The third-order valence-electron chi connectivity index (χ3n) is 2.81. The molecule has 0 aliphatic rings. The Balaban J connectivity index is 2.37. The van der Waals surface area contributed by atoms with Crippen LogP contribution in [0.3, 0.4) is 0 Å². The predicted molar refractivity (Wildman–Crippen MR) is 59.1 cm³/mol. The number of fused-ring (bicyclic) bond motifs is 1. The SMILES string of the molecule is O=C(O)C(Cn1ccc2cc(F)ccc21)C(F)(F)F. The number of hydrogen-bond acceptors (Lipinski definition) is 1. The fourth-order valence-corrected chi connectivity index (χ4v) is 1.85. The van der Waals surface area contributed by atoms with E-state index in [2.05, 4.69) is 0 Å². The molecule has 2 aromatic rings. The first-order chi connectivity index (χ1) is 8.79. The third kappa shape index (κ3) is 2.69. The average Bonchev–Trinajstić information content (AvgIpc) is 2.66. The van der Waals surface area contributed by atoms with E-state index >= 15 is 0 Å². The van der Waals surface area contributed by atoms with Gasteiger partial charge >= 0.3 is 12.1 Å². The molecule has 1 heterocycles. The Hall–Kier alpha value is -2.05. The number of aliphatic carboxylic acids is 1. The molecule has 1 aromatic heterocycles. The number of carboxylic acid groups (broad SMARTS) is 1. The normalized spacial score (nSPS) is 13.7. The molecule has 0 spiro atoms. The maximum atomic E-state index is 12.9. The van der Waals surface area contributed by atoms with Crippen LogP contribution in [0.1, 0.15) is 0 Å². The highest BCUT2D eigenvalue weighted by molar-refractivity contribution is 5.80. The number of nitrogens with zero attached hydrogens (tertiary/aromatic N) is 1. The number of rotatable bonds is 3. The molecule has 1 N–H and O–H groups in total. The van der Waals surface area contributed by atoms with Crippen LogP contribution in [0.25, 0.3) is 10.9 Å². The molecule has 0 radical (unpaired) electrons. The number of halogens is 4. The van der Waals surface area contributed by atoms with Gasteiger partial charge in [-0.05, 0) is 24.3 Å². The first-order valence-electron chi connectivity index (χ1n) is 5.33. The molecule has 2 rings (SSSR count). The molecule has 0 fully saturated rings. The summed E-state index contributed by atoms with van der Waals surface area (Å²) >= 11 is 0. The van der Waals surface area contributed by atoms with Crippen molar-refractivity contribution in [2.75, 3.05) is 0 Å². The highest BCUT2D eigenvalue weighted by atomic mass is 19.4. The molecule has 1 unspecified atom stereocenters. The van der Waals surface area contributed by atoms with Crippen molar-refractivity contribution >= 4 is 16.9 Å². The van der Waals surface area contributed by atoms with Gasteiger partial charge in [0.25, 0.3) is 0 Å². The molecule has 0 bridgehead atoms. The summed E-state index contributed by atoms with van der Waals surface area (Å²) < 4.78 is 51.8. The van der Waals surface area contributed by atoms with Gasteiger partial charge in [-0.25, -0.2) is 4.39 Å². The zero-order chi connectivity index (χ0) is 14.2. The van der Waals surface area contributed by atoms with Gasteiger partial charge in [0, 0.05) is 23.6 Å². The fourth-order valence-electron chi connectivity index (χ4n) is 1.85. The van der Waals surface area contributed by atoms with E-state index in [4.69, 9.17) is 5.11 Å². The summed E-state index contributed by atoms with van der Waals surface area (Å²) in [5.74, 6) is -4.93. The fraction of sp³-hybridized carbons (Fsp3) is 0.250. The summed E-state index contributed by atoms with van der Waals surface area (Å²) in [6, 6.07) is 5.05. The van der Waals surface area contributed by atoms with E-state index in [1.54, 1.807) is 0 Å². The number of alkyl halides is 3. The van der Waals surface area contributed by atoms with Crippen molar-refractivity contribution in [2.45, 2.75) is 12.7 Å². The molecule has 0 aliphatic carbocycles. The molecule has 0 saturated heterocycles. The minimum Gasteiger partial charge on any atom is -0.481 e. The van der Waals surface area contributed by atoms with E-state index in [9.17, 15) is 22.4 Å². The zero-order valence-corrected chi connectivity index (χ0v) is 9.49. The smallest absolute Gasteiger partial charge is 0.403 e.